The Morgan fingerprint density at radius 2 is 2.10 bits per heavy atom. The predicted octanol–water partition coefficient (Wildman–Crippen LogP) is 2.00. The highest BCUT2D eigenvalue weighted by Gasteiger charge is 2.28. The van der Waals surface area contributed by atoms with Gasteiger partial charge in [0, 0.05) is 17.8 Å². The van der Waals surface area contributed by atoms with Crippen LogP contribution < -0.4 is 10.2 Å². The molecule has 0 fully saturated rings. The van der Waals surface area contributed by atoms with E-state index in [0.717, 1.165) is 0 Å². The van der Waals surface area contributed by atoms with E-state index >= 15 is 0 Å². The van der Waals surface area contributed by atoms with Crippen molar-refractivity contribution in [2.45, 2.75) is 25.1 Å². The number of para-hydroxylation sites is 1. The van der Waals surface area contributed by atoms with Gasteiger partial charge in [0.05, 0.1) is 12.6 Å². The summed E-state index contributed by atoms with van der Waals surface area (Å²) in [5.74, 6) is -0.682. The average molecular weight is 302 g/mol. The van der Waals surface area contributed by atoms with Crippen LogP contribution in [0.1, 0.15) is 24.5 Å². The van der Waals surface area contributed by atoms with Crippen molar-refractivity contribution in [1.29, 1.82) is 0 Å². The minimum atomic E-state index is -4.41. The van der Waals surface area contributed by atoms with Crippen molar-refractivity contribution in [3.05, 3.63) is 29.8 Å². The third kappa shape index (κ3) is 4.35. The Balaban J connectivity index is 2.06. The molecular weight excluding hydrogens is 285 g/mol. The summed E-state index contributed by atoms with van der Waals surface area (Å²) >= 11 is 0. The molecule has 0 spiro atoms. The highest BCUT2D eigenvalue weighted by Crippen LogP contribution is 2.32. The lowest BCUT2D eigenvalue weighted by atomic mass is 10.0. The van der Waals surface area contributed by atoms with Crippen molar-refractivity contribution < 1.29 is 23.1 Å². The van der Waals surface area contributed by atoms with E-state index in [2.05, 4.69) is 0 Å². The first-order valence-corrected chi connectivity index (χ1v) is 6.72. The maximum absolute atomic E-state index is 12.1. The molecule has 1 aliphatic heterocycles. The second kappa shape index (κ2) is 6.34. The van der Waals surface area contributed by atoms with E-state index in [0.29, 0.717) is 30.6 Å². The molecule has 0 aromatic heterocycles. The molecule has 1 amide bonds. The number of fused-ring (bicyclic) bond motifs is 1. The summed E-state index contributed by atoms with van der Waals surface area (Å²) < 4.78 is 36.3. The predicted molar refractivity (Wildman–Crippen MR) is 71.9 cm³/mol. The monoisotopic (exact) mass is 302 g/mol. The Bertz CT molecular complexity index is 505. The van der Waals surface area contributed by atoms with Gasteiger partial charge < -0.3 is 15.3 Å². The smallest absolute Gasteiger partial charge is 0.388 e. The minimum Gasteiger partial charge on any atom is -0.388 e. The SMILES string of the molecule is O=C(CN1CCCC(O)c2ccccc21)NCC(F)(F)F. The molecule has 2 rings (SSSR count). The van der Waals surface area contributed by atoms with Gasteiger partial charge in [-0.2, -0.15) is 13.2 Å². The van der Waals surface area contributed by atoms with E-state index in [4.69, 9.17) is 0 Å². The Labute approximate surface area is 120 Å². The topological polar surface area (TPSA) is 52.6 Å². The summed E-state index contributed by atoms with van der Waals surface area (Å²) in [6.07, 6.45) is -3.78. The van der Waals surface area contributed by atoms with Gasteiger partial charge in [-0.25, -0.2) is 0 Å². The van der Waals surface area contributed by atoms with Crippen molar-refractivity contribution >= 4 is 11.6 Å². The minimum absolute atomic E-state index is 0.153. The number of aliphatic hydroxyl groups is 1. The third-order valence-corrected chi connectivity index (χ3v) is 3.36. The summed E-state index contributed by atoms with van der Waals surface area (Å²) in [4.78, 5) is 13.4. The van der Waals surface area contributed by atoms with E-state index in [-0.39, 0.29) is 6.54 Å². The van der Waals surface area contributed by atoms with Crippen LogP contribution in [0, 0.1) is 0 Å². The van der Waals surface area contributed by atoms with Gasteiger partial charge in [-0.1, -0.05) is 18.2 Å². The number of nitrogens with zero attached hydrogens (tertiary/aromatic N) is 1. The largest absolute Gasteiger partial charge is 0.405 e. The van der Waals surface area contributed by atoms with E-state index in [1.165, 1.54) is 0 Å². The van der Waals surface area contributed by atoms with Crippen molar-refractivity contribution in [1.82, 2.24) is 5.32 Å². The number of carbonyl (C=O) groups excluding carboxylic acids is 1. The molecule has 1 heterocycles. The highest BCUT2D eigenvalue weighted by atomic mass is 19.4. The van der Waals surface area contributed by atoms with Crippen LogP contribution in [0.3, 0.4) is 0 Å². The molecule has 0 aliphatic carbocycles. The van der Waals surface area contributed by atoms with Crippen LogP contribution in [0.15, 0.2) is 24.3 Å². The Hall–Kier alpha value is -1.76. The fourth-order valence-corrected chi connectivity index (χ4v) is 2.40. The lowest BCUT2D eigenvalue weighted by molar-refractivity contribution is -0.137. The fraction of sp³-hybridized carbons (Fsp3) is 0.500. The van der Waals surface area contributed by atoms with Gasteiger partial charge in [0.2, 0.25) is 5.91 Å². The second-order valence-corrected chi connectivity index (χ2v) is 5.03. The van der Waals surface area contributed by atoms with Gasteiger partial charge in [0.15, 0.2) is 0 Å². The van der Waals surface area contributed by atoms with Gasteiger partial charge >= 0.3 is 6.18 Å². The van der Waals surface area contributed by atoms with Crippen LogP contribution in [-0.4, -0.2) is 36.8 Å². The lowest BCUT2D eigenvalue weighted by Crippen LogP contribution is -2.41. The zero-order valence-electron chi connectivity index (χ0n) is 11.4. The van der Waals surface area contributed by atoms with Crippen LogP contribution in [0.25, 0.3) is 0 Å². The first-order valence-electron chi connectivity index (χ1n) is 6.72. The van der Waals surface area contributed by atoms with E-state index < -0.39 is 24.7 Å². The van der Waals surface area contributed by atoms with Crippen molar-refractivity contribution in [2.75, 3.05) is 24.5 Å². The Kier molecular flexibility index (Phi) is 4.72. The van der Waals surface area contributed by atoms with Crippen LogP contribution in [-0.2, 0) is 4.79 Å². The van der Waals surface area contributed by atoms with E-state index in [1.807, 2.05) is 5.32 Å². The lowest BCUT2D eigenvalue weighted by Gasteiger charge is -2.24. The summed E-state index contributed by atoms with van der Waals surface area (Å²) in [7, 11) is 0. The number of amides is 1. The maximum Gasteiger partial charge on any atom is 0.405 e. The molecule has 1 aromatic rings. The van der Waals surface area contributed by atoms with Gasteiger partial charge in [0.25, 0.3) is 0 Å². The number of anilines is 1. The van der Waals surface area contributed by atoms with Crippen molar-refractivity contribution in [3.8, 4) is 0 Å². The molecule has 1 atom stereocenters. The summed E-state index contributed by atoms with van der Waals surface area (Å²) in [5, 5.41) is 11.9. The van der Waals surface area contributed by atoms with Gasteiger partial charge in [-0.05, 0) is 18.9 Å². The molecule has 1 aliphatic rings. The van der Waals surface area contributed by atoms with Crippen molar-refractivity contribution in [3.63, 3.8) is 0 Å². The molecule has 0 bridgehead atoms. The number of benzene rings is 1. The molecule has 7 heteroatoms. The summed E-state index contributed by atoms with van der Waals surface area (Å²) in [5.41, 5.74) is 1.41. The zero-order valence-corrected chi connectivity index (χ0v) is 11.4. The normalized spacial score (nSPS) is 18.9. The number of alkyl halides is 3. The number of rotatable bonds is 3. The standard InChI is InChI=1S/C14H17F3N2O2/c15-14(16,17)9-18-13(21)8-19-7-3-6-12(20)10-4-1-2-5-11(10)19/h1-2,4-5,12,20H,3,6-9H2,(H,18,21). The molecule has 4 nitrogen and oxygen atoms in total. The number of hydrogen-bond acceptors (Lipinski definition) is 3. The Morgan fingerprint density at radius 3 is 2.81 bits per heavy atom. The first kappa shape index (κ1) is 15.6. The number of nitrogens with one attached hydrogen (secondary N) is 1. The summed E-state index contributed by atoms with van der Waals surface area (Å²) in [6.45, 7) is -0.961. The third-order valence-electron chi connectivity index (χ3n) is 3.36. The first-order chi connectivity index (χ1) is 9.87. The number of hydrogen-bond donors (Lipinski definition) is 2. The molecule has 1 aromatic carbocycles. The highest BCUT2D eigenvalue weighted by molar-refractivity contribution is 5.81. The molecule has 0 saturated carbocycles. The fourth-order valence-electron chi connectivity index (χ4n) is 2.40. The molecule has 116 valence electrons. The molecule has 0 radical (unpaired) electrons. The molecule has 21 heavy (non-hydrogen) atoms. The summed E-state index contributed by atoms with van der Waals surface area (Å²) in [6, 6.07) is 7.10. The van der Waals surface area contributed by atoms with Crippen LogP contribution in [0.2, 0.25) is 0 Å². The average Bonchev–Trinajstić information content (AvgIpc) is 2.57. The number of carbonyl (C=O) groups is 1. The van der Waals surface area contributed by atoms with E-state index in [9.17, 15) is 23.1 Å². The Morgan fingerprint density at radius 1 is 1.38 bits per heavy atom. The zero-order chi connectivity index (χ0) is 15.5. The van der Waals surface area contributed by atoms with Crippen LogP contribution in [0.5, 0.6) is 0 Å². The molecule has 0 saturated heterocycles. The van der Waals surface area contributed by atoms with Crippen LogP contribution in [0.4, 0.5) is 18.9 Å². The quantitative estimate of drug-likeness (QED) is 0.898. The van der Waals surface area contributed by atoms with Crippen LogP contribution >= 0.6 is 0 Å². The number of aliphatic hydroxyl groups excluding tert-OH is 1. The van der Waals surface area contributed by atoms with Gasteiger partial charge in [0.1, 0.15) is 6.54 Å². The van der Waals surface area contributed by atoms with Crippen molar-refractivity contribution in [2.24, 2.45) is 0 Å². The molecule has 2 N–H and O–H groups in total. The molecule has 1 unspecified atom stereocenters. The van der Waals surface area contributed by atoms with E-state index in [1.54, 1.807) is 29.2 Å². The maximum atomic E-state index is 12.1. The van der Waals surface area contributed by atoms with Gasteiger partial charge in [-0.15, -0.1) is 0 Å². The van der Waals surface area contributed by atoms with Gasteiger partial charge in [-0.3, -0.25) is 4.79 Å². The second-order valence-electron chi connectivity index (χ2n) is 5.03. The molecular formula is C14H17F3N2O2. The number of halogens is 3.